The average Bonchev–Trinajstić information content (AvgIpc) is 2.20. The molecule has 1 aliphatic rings. The molecule has 0 aromatic rings. The fourth-order valence-corrected chi connectivity index (χ4v) is 4.54. The summed E-state index contributed by atoms with van der Waals surface area (Å²) in [6.07, 6.45) is -12.2. The molecular weight excluding hydrogens is 450 g/mol. The molecule has 1 N–H and O–H groups in total. The first-order chi connectivity index (χ1) is 9.39. The van der Waals surface area contributed by atoms with Gasteiger partial charge in [-0.05, 0) is 18.8 Å². The molecule has 0 aromatic carbocycles. The van der Waals surface area contributed by atoms with Crippen molar-refractivity contribution < 1.29 is 36.2 Å². The molecule has 0 bridgehead atoms. The van der Waals surface area contributed by atoms with Crippen molar-refractivity contribution in [2.75, 3.05) is 0 Å². The maximum atomic E-state index is 13.1. The number of ketones is 1. The highest BCUT2D eigenvalue weighted by Crippen LogP contribution is 2.59. The van der Waals surface area contributed by atoms with Crippen molar-refractivity contribution in [3.05, 3.63) is 0 Å². The van der Waals surface area contributed by atoms with Gasteiger partial charge >= 0.3 is 12.4 Å². The summed E-state index contributed by atoms with van der Waals surface area (Å²) in [7, 11) is 0. The van der Waals surface area contributed by atoms with Gasteiger partial charge in [0.15, 0.2) is 5.78 Å². The van der Waals surface area contributed by atoms with E-state index in [-0.39, 0.29) is 6.42 Å². The summed E-state index contributed by atoms with van der Waals surface area (Å²) in [6, 6.07) is 0. The third-order valence-electron chi connectivity index (χ3n) is 3.93. The van der Waals surface area contributed by atoms with Gasteiger partial charge in [0.2, 0.25) is 0 Å². The summed E-state index contributed by atoms with van der Waals surface area (Å²) < 4.78 is 77.4. The van der Waals surface area contributed by atoms with Crippen molar-refractivity contribution in [1.29, 1.82) is 0 Å². The maximum absolute atomic E-state index is 13.1. The first kappa shape index (κ1) is 20.2. The number of aliphatic hydroxyl groups is 1. The molecular formula is C12H14Br2F6O2. The molecule has 0 radical (unpaired) electrons. The van der Waals surface area contributed by atoms with Crippen LogP contribution in [0.2, 0.25) is 0 Å². The van der Waals surface area contributed by atoms with Gasteiger partial charge in [0.25, 0.3) is 5.60 Å². The second-order valence-electron chi connectivity index (χ2n) is 6.40. The highest BCUT2D eigenvalue weighted by Gasteiger charge is 2.78. The second kappa shape index (κ2) is 5.34. The van der Waals surface area contributed by atoms with Gasteiger partial charge in [-0.2, -0.15) is 26.3 Å². The summed E-state index contributed by atoms with van der Waals surface area (Å²) in [5, 5.41) is 9.60. The number of carbonyl (C=O) groups is 1. The standard InChI is InChI=1S/C12H14Br2F6O2/c1-8(2)4-9(3,14)7(13)5(21)6(8)10(22,11(15,16)17)12(18,19)20/h6-7,22H,4H2,1-3H3/t6-,7+,9+/m0/s1. The summed E-state index contributed by atoms with van der Waals surface area (Å²) >= 11 is 6.01. The summed E-state index contributed by atoms with van der Waals surface area (Å²) in [4.78, 5) is 11.0. The van der Waals surface area contributed by atoms with Crippen LogP contribution < -0.4 is 0 Å². The fourth-order valence-electron chi connectivity index (χ4n) is 3.17. The molecule has 0 aliphatic heterocycles. The number of Topliss-reactive ketones (excluding diaryl/α,β-unsaturated/α-hetero) is 1. The lowest BCUT2D eigenvalue weighted by molar-refractivity contribution is -0.389. The molecule has 1 fully saturated rings. The van der Waals surface area contributed by atoms with E-state index in [9.17, 15) is 36.2 Å². The number of alkyl halides is 8. The Morgan fingerprint density at radius 1 is 1.09 bits per heavy atom. The number of hydrogen-bond donors (Lipinski definition) is 1. The number of rotatable bonds is 1. The van der Waals surface area contributed by atoms with Crippen molar-refractivity contribution >= 4 is 37.6 Å². The topological polar surface area (TPSA) is 37.3 Å². The Morgan fingerprint density at radius 2 is 1.45 bits per heavy atom. The van der Waals surface area contributed by atoms with Gasteiger partial charge in [0.05, 0.1) is 10.7 Å². The monoisotopic (exact) mass is 462 g/mol. The van der Waals surface area contributed by atoms with Crippen LogP contribution in [0.5, 0.6) is 0 Å². The molecule has 1 rings (SSSR count). The lowest BCUT2D eigenvalue weighted by Gasteiger charge is -2.52. The molecule has 3 atom stereocenters. The Kier molecular flexibility index (Phi) is 4.90. The Hall–Kier alpha value is 0.170. The first-order valence-corrected chi connectivity index (χ1v) is 7.83. The molecule has 0 saturated heterocycles. The van der Waals surface area contributed by atoms with E-state index in [2.05, 4.69) is 31.9 Å². The molecule has 130 valence electrons. The third-order valence-corrected chi connectivity index (χ3v) is 6.74. The van der Waals surface area contributed by atoms with Gasteiger partial charge in [0, 0.05) is 4.32 Å². The predicted octanol–water partition coefficient (Wildman–Crippen LogP) is 4.37. The second-order valence-corrected chi connectivity index (χ2v) is 9.13. The third kappa shape index (κ3) is 2.94. The van der Waals surface area contributed by atoms with Crippen LogP contribution in [0, 0.1) is 11.3 Å². The minimum Gasteiger partial charge on any atom is -0.373 e. The SMILES string of the molecule is CC1(C)C[C@@](C)(Br)[C@H](Br)C(=O)[C@@H]1C(O)(C(F)(F)F)C(F)(F)F. The Balaban J connectivity index is 3.59. The molecule has 1 aliphatic carbocycles. The maximum Gasteiger partial charge on any atom is 0.427 e. The highest BCUT2D eigenvalue weighted by molar-refractivity contribution is 9.12. The molecule has 10 heteroatoms. The smallest absolute Gasteiger partial charge is 0.373 e. The molecule has 0 spiro atoms. The van der Waals surface area contributed by atoms with E-state index in [0.717, 1.165) is 13.8 Å². The summed E-state index contributed by atoms with van der Waals surface area (Å²) in [6.45, 7) is 3.70. The van der Waals surface area contributed by atoms with Gasteiger partial charge in [-0.25, -0.2) is 0 Å². The van der Waals surface area contributed by atoms with E-state index in [4.69, 9.17) is 0 Å². The van der Waals surface area contributed by atoms with Crippen LogP contribution in [0.15, 0.2) is 0 Å². The van der Waals surface area contributed by atoms with Crippen molar-refractivity contribution in [2.24, 2.45) is 11.3 Å². The van der Waals surface area contributed by atoms with Crippen LogP contribution in [0.1, 0.15) is 27.2 Å². The van der Waals surface area contributed by atoms with Gasteiger partial charge in [-0.3, -0.25) is 4.79 Å². The average molecular weight is 464 g/mol. The van der Waals surface area contributed by atoms with Gasteiger partial charge in [0.1, 0.15) is 0 Å². The van der Waals surface area contributed by atoms with Crippen LogP contribution in [0.3, 0.4) is 0 Å². The zero-order valence-corrected chi connectivity index (χ0v) is 14.9. The molecule has 0 aromatic heterocycles. The van der Waals surface area contributed by atoms with E-state index in [0.29, 0.717) is 0 Å². The Morgan fingerprint density at radius 3 is 1.77 bits per heavy atom. The normalized spacial score (nSPS) is 33.9. The molecule has 0 amide bonds. The largest absolute Gasteiger partial charge is 0.427 e. The highest BCUT2D eigenvalue weighted by atomic mass is 79.9. The number of halogens is 8. The minimum absolute atomic E-state index is 0.180. The molecule has 22 heavy (non-hydrogen) atoms. The fraction of sp³-hybridized carbons (Fsp3) is 0.917. The van der Waals surface area contributed by atoms with Crippen molar-refractivity contribution in [1.82, 2.24) is 0 Å². The molecule has 2 nitrogen and oxygen atoms in total. The quantitative estimate of drug-likeness (QED) is 0.463. The number of carbonyl (C=O) groups excluding carboxylic acids is 1. The van der Waals surface area contributed by atoms with Gasteiger partial charge < -0.3 is 5.11 Å². The van der Waals surface area contributed by atoms with E-state index in [1.54, 1.807) is 0 Å². The predicted molar refractivity (Wildman–Crippen MR) is 74.0 cm³/mol. The molecule has 0 heterocycles. The van der Waals surface area contributed by atoms with Crippen LogP contribution in [-0.4, -0.2) is 38.0 Å². The van der Waals surface area contributed by atoms with Crippen LogP contribution in [0.25, 0.3) is 0 Å². The van der Waals surface area contributed by atoms with Gasteiger partial charge in [-0.1, -0.05) is 45.7 Å². The molecule has 1 saturated carbocycles. The molecule has 0 unspecified atom stereocenters. The number of hydrogen-bond acceptors (Lipinski definition) is 2. The summed E-state index contributed by atoms with van der Waals surface area (Å²) in [5.41, 5.74) is -6.84. The van der Waals surface area contributed by atoms with Crippen molar-refractivity contribution in [2.45, 2.75) is 54.3 Å². The van der Waals surface area contributed by atoms with Crippen LogP contribution in [0.4, 0.5) is 26.3 Å². The Bertz CT molecular complexity index is 455. The van der Waals surface area contributed by atoms with Crippen LogP contribution >= 0.6 is 31.9 Å². The first-order valence-electron chi connectivity index (χ1n) is 6.12. The van der Waals surface area contributed by atoms with E-state index < -0.39 is 44.2 Å². The van der Waals surface area contributed by atoms with Crippen LogP contribution in [-0.2, 0) is 4.79 Å². The lowest BCUT2D eigenvalue weighted by Crippen LogP contribution is -2.70. The summed E-state index contributed by atoms with van der Waals surface area (Å²) in [5.74, 6) is -4.01. The Labute approximate surface area is 139 Å². The zero-order valence-electron chi connectivity index (χ0n) is 11.7. The zero-order chi connectivity index (χ0) is 17.9. The van der Waals surface area contributed by atoms with Crippen molar-refractivity contribution in [3.8, 4) is 0 Å². The van der Waals surface area contributed by atoms with E-state index >= 15 is 0 Å². The minimum atomic E-state index is -6.03. The van der Waals surface area contributed by atoms with E-state index in [1.165, 1.54) is 6.92 Å². The van der Waals surface area contributed by atoms with Crippen molar-refractivity contribution in [3.63, 3.8) is 0 Å². The van der Waals surface area contributed by atoms with Gasteiger partial charge in [-0.15, -0.1) is 0 Å². The van der Waals surface area contributed by atoms with E-state index in [1.807, 2.05) is 0 Å². The lowest BCUT2D eigenvalue weighted by atomic mass is 9.58.